The molecular formula is C24H20N6. The molecule has 0 aliphatic heterocycles. The van der Waals surface area contributed by atoms with E-state index in [2.05, 4.69) is 29.9 Å². The van der Waals surface area contributed by atoms with Crippen LogP contribution in [0.5, 0.6) is 0 Å². The number of para-hydroxylation sites is 4. The SMILES string of the molecule is c1ccc(-c2ccccn2)nc1.c1ccc2[nH]cnc2c1.c1ccc2[nH]cnc2c1. The van der Waals surface area contributed by atoms with Gasteiger partial charge in [-0.1, -0.05) is 36.4 Å². The number of aromatic nitrogens is 6. The van der Waals surface area contributed by atoms with Crippen molar-refractivity contribution in [2.24, 2.45) is 0 Å². The fourth-order valence-corrected chi connectivity index (χ4v) is 2.79. The summed E-state index contributed by atoms with van der Waals surface area (Å²) in [7, 11) is 0. The molecule has 4 aromatic heterocycles. The van der Waals surface area contributed by atoms with Gasteiger partial charge < -0.3 is 9.97 Å². The third kappa shape index (κ3) is 4.94. The van der Waals surface area contributed by atoms with Crippen LogP contribution in [-0.2, 0) is 0 Å². The maximum atomic E-state index is 4.19. The predicted molar refractivity (Wildman–Crippen MR) is 120 cm³/mol. The predicted octanol–water partition coefficient (Wildman–Crippen LogP) is 5.27. The van der Waals surface area contributed by atoms with Crippen LogP contribution in [0.4, 0.5) is 0 Å². The zero-order valence-electron chi connectivity index (χ0n) is 16.2. The van der Waals surface area contributed by atoms with E-state index in [1.165, 1.54) is 0 Å². The maximum absolute atomic E-state index is 4.19. The van der Waals surface area contributed by atoms with E-state index in [1.54, 1.807) is 25.0 Å². The van der Waals surface area contributed by atoms with Gasteiger partial charge >= 0.3 is 0 Å². The van der Waals surface area contributed by atoms with Gasteiger partial charge in [-0.05, 0) is 48.5 Å². The first-order chi connectivity index (χ1) is 14.9. The molecule has 0 aliphatic rings. The van der Waals surface area contributed by atoms with E-state index in [1.807, 2.05) is 84.9 Å². The van der Waals surface area contributed by atoms with Crippen LogP contribution >= 0.6 is 0 Å². The van der Waals surface area contributed by atoms with Gasteiger partial charge in [-0.2, -0.15) is 0 Å². The van der Waals surface area contributed by atoms with Gasteiger partial charge in [0.25, 0.3) is 0 Å². The van der Waals surface area contributed by atoms with Gasteiger partial charge in [0.1, 0.15) is 0 Å². The van der Waals surface area contributed by atoms with E-state index in [9.17, 15) is 0 Å². The van der Waals surface area contributed by atoms with Crippen molar-refractivity contribution in [3.05, 3.63) is 110 Å². The number of hydrogen-bond acceptors (Lipinski definition) is 4. The van der Waals surface area contributed by atoms with Gasteiger partial charge in [0.2, 0.25) is 0 Å². The number of rotatable bonds is 1. The summed E-state index contributed by atoms with van der Waals surface area (Å²) in [5.74, 6) is 0. The Labute approximate surface area is 173 Å². The second kappa shape index (κ2) is 9.75. The van der Waals surface area contributed by atoms with Gasteiger partial charge in [-0.15, -0.1) is 0 Å². The number of hydrogen-bond donors (Lipinski definition) is 2. The van der Waals surface area contributed by atoms with Crippen molar-refractivity contribution in [3.8, 4) is 11.4 Å². The van der Waals surface area contributed by atoms with E-state index in [4.69, 9.17) is 0 Å². The highest BCUT2D eigenvalue weighted by Gasteiger charge is 1.95. The van der Waals surface area contributed by atoms with Crippen LogP contribution in [-0.4, -0.2) is 29.9 Å². The molecule has 6 aromatic rings. The molecule has 0 atom stereocenters. The molecule has 0 fully saturated rings. The Morgan fingerprint density at radius 1 is 0.433 bits per heavy atom. The highest BCUT2D eigenvalue weighted by Crippen LogP contribution is 2.11. The molecular weight excluding hydrogens is 372 g/mol. The molecule has 6 nitrogen and oxygen atoms in total. The first-order valence-corrected chi connectivity index (χ1v) is 9.49. The zero-order chi connectivity index (χ0) is 20.4. The molecule has 0 bridgehead atoms. The third-order valence-electron chi connectivity index (χ3n) is 4.25. The van der Waals surface area contributed by atoms with Crippen LogP contribution in [0.25, 0.3) is 33.5 Å². The largest absolute Gasteiger partial charge is 0.345 e. The summed E-state index contributed by atoms with van der Waals surface area (Å²) in [6.07, 6.45) is 6.93. The highest BCUT2D eigenvalue weighted by atomic mass is 14.9. The Morgan fingerprint density at radius 3 is 1.27 bits per heavy atom. The van der Waals surface area contributed by atoms with E-state index in [0.717, 1.165) is 33.5 Å². The second-order valence-electron chi connectivity index (χ2n) is 6.27. The average molecular weight is 392 g/mol. The molecule has 146 valence electrons. The molecule has 6 rings (SSSR count). The zero-order valence-corrected chi connectivity index (χ0v) is 16.2. The average Bonchev–Trinajstić information content (AvgIpc) is 3.51. The summed E-state index contributed by atoms with van der Waals surface area (Å²) in [5.41, 5.74) is 6.07. The Morgan fingerprint density at radius 2 is 0.867 bits per heavy atom. The Bertz CT molecular complexity index is 1130. The van der Waals surface area contributed by atoms with Crippen LogP contribution in [0.1, 0.15) is 0 Å². The molecule has 0 saturated heterocycles. The quantitative estimate of drug-likeness (QED) is 0.399. The fourth-order valence-electron chi connectivity index (χ4n) is 2.79. The molecule has 30 heavy (non-hydrogen) atoms. The van der Waals surface area contributed by atoms with Crippen LogP contribution in [0.2, 0.25) is 0 Å². The number of nitrogens with zero attached hydrogens (tertiary/aromatic N) is 4. The van der Waals surface area contributed by atoms with Gasteiger partial charge in [0.15, 0.2) is 0 Å². The van der Waals surface area contributed by atoms with Crippen molar-refractivity contribution in [1.82, 2.24) is 29.9 Å². The Hall–Kier alpha value is -4.32. The van der Waals surface area contributed by atoms with Crippen molar-refractivity contribution >= 4 is 22.1 Å². The number of imidazole rings is 2. The van der Waals surface area contributed by atoms with E-state index in [-0.39, 0.29) is 0 Å². The minimum atomic E-state index is 0.915. The Kier molecular flexibility index (Phi) is 6.18. The van der Waals surface area contributed by atoms with E-state index < -0.39 is 0 Å². The molecule has 0 spiro atoms. The number of benzene rings is 2. The number of nitrogens with one attached hydrogen (secondary N) is 2. The smallest absolute Gasteiger partial charge is 0.0931 e. The molecule has 4 heterocycles. The number of H-pyrrole nitrogens is 2. The van der Waals surface area contributed by atoms with Gasteiger partial charge in [0, 0.05) is 12.4 Å². The molecule has 2 aromatic carbocycles. The normalized spacial score (nSPS) is 10.0. The minimum Gasteiger partial charge on any atom is -0.345 e. The van der Waals surface area contributed by atoms with Crippen molar-refractivity contribution < 1.29 is 0 Å². The third-order valence-corrected chi connectivity index (χ3v) is 4.25. The molecule has 0 radical (unpaired) electrons. The lowest BCUT2D eigenvalue weighted by Crippen LogP contribution is -1.83. The summed E-state index contributed by atoms with van der Waals surface area (Å²) < 4.78 is 0. The highest BCUT2D eigenvalue weighted by molar-refractivity contribution is 5.74. The van der Waals surface area contributed by atoms with Crippen molar-refractivity contribution in [2.75, 3.05) is 0 Å². The second-order valence-corrected chi connectivity index (χ2v) is 6.27. The van der Waals surface area contributed by atoms with Crippen LogP contribution in [0.3, 0.4) is 0 Å². The summed E-state index contributed by atoms with van der Waals surface area (Å²) in [5, 5.41) is 0. The summed E-state index contributed by atoms with van der Waals surface area (Å²) in [4.78, 5) is 22.5. The van der Waals surface area contributed by atoms with Crippen LogP contribution in [0.15, 0.2) is 110 Å². The molecule has 0 aliphatic carbocycles. The molecule has 0 amide bonds. The van der Waals surface area contributed by atoms with Crippen molar-refractivity contribution in [2.45, 2.75) is 0 Å². The molecule has 2 N–H and O–H groups in total. The lowest BCUT2D eigenvalue weighted by molar-refractivity contribution is 1.25. The van der Waals surface area contributed by atoms with Gasteiger partial charge in [-0.25, -0.2) is 9.97 Å². The van der Waals surface area contributed by atoms with Gasteiger partial charge in [0.05, 0.1) is 46.1 Å². The number of pyridine rings is 2. The Balaban J connectivity index is 0.000000111. The minimum absolute atomic E-state index is 0.915. The first kappa shape index (κ1) is 19.0. The van der Waals surface area contributed by atoms with Gasteiger partial charge in [-0.3, -0.25) is 9.97 Å². The van der Waals surface area contributed by atoms with E-state index in [0.29, 0.717) is 0 Å². The first-order valence-electron chi connectivity index (χ1n) is 9.49. The van der Waals surface area contributed by atoms with E-state index >= 15 is 0 Å². The summed E-state index contributed by atoms with van der Waals surface area (Å²) in [6.45, 7) is 0. The van der Waals surface area contributed by atoms with Crippen LogP contribution in [0, 0.1) is 0 Å². The topological polar surface area (TPSA) is 83.1 Å². The summed E-state index contributed by atoms with van der Waals surface area (Å²) >= 11 is 0. The molecule has 6 heteroatoms. The molecule has 0 unspecified atom stereocenters. The lowest BCUT2D eigenvalue weighted by Gasteiger charge is -1.96. The summed E-state index contributed by atoms with van der Waals surface area (Å²) in [6, 6.07) is 27.5. The monoisotopic (exact) mass is 392 g/mol. The molecule has 0 saturated carbocycles. The van der Waals surface area contributed by atoms with Crippen molar-refractivity contribution in [3.63, 3.8) is 0 Å². The maximum Gasteiger partial charge on any atom is 0.0931 e. The lowest BCUT2D eigenvalue weighted by atomic mass is 10.2. The number of aromatic amines is 2. The van der Waals surface area contributed by atoms with Crippen molar-refractivity contribution in [1.29, 1.82) is 0 Å². The van der Waals surface area contributed by atoms with Crippen LogP contribution < -0.4 is 0 Å². The standard InChI is InChI=1S/C10H8N2.2C7H6N2/c1-3-7-11-9(5-1)10-6-2-4-8-12-10;2*1-2-4-7-6(3-1)8-5-9-7/h1-8H;2*1-5H,(H,8,9). The fraction of sp³-hybridized carbons (Fsp3) is 0. The number of fused-ring (bicyclic) bond motifs is 2.